The van der Waals surface area contributed by atoms with Crippen LogP contribution in [0.3, 0.4) is 0 Å². The quantitative estimate of drug-likeness (QED) is 0.699. The Hall–Kier alpha value is -2.93. The summed E-state index contributed by atoms with van der Waals surface area (Å²) in [7, 11) is -1.95. The van der Waals surface area contributed by atoms with Gasteiger partial charge in [0.2, 0.25) is 0 Å². The number of fused-ring (bicyclic) bond motifs is 1. The Labute approximate surface area is 158 Å². The van der Waals surface area contributed by atoms with Crippen LogP contribution in [-0.2, 0) is 23.5 Å². The molecule has 0 spiro atoms. The van der Waals surface area contributed by atoms with Crippen molar-refractivity contribution in [3.63, 3.8) is 0 Å². The Morgan fingerprint density at radius 1 is 1.00 bits per heavy atom. The summed E-state index contributed by atoms with van der Waals surface area (Å²) >= 11 is 0. The second kappa shape index (κ2) is 6.35. The highest BCUT2D eigenvalue weighted by molar-refractivity contribution is 7.93. The molecule has 0 saturated carbocycles. The Morgan fingerprint density at radius 3 is 2.41 bits per heavy atom. The van der Waals surface area contributed by atoms with E-state index in [1.165, 1.54) is 4.31 Å². The normalized spacial score (nSPS) is 14.4. The smallest absolute Gasteiger partial charge is 0.268 e. The summed E-state index contributed by atoms with van der Waals surface area (Å²) in [6.07, 6.45) is 7.37. The van der Waals surface area contributed by atoms with E-state index >= 15 is 0 Å². The second-order valence-corrected chi connectivity index (χ2v) is 8.57. The number of hydrogen-bond donors (Lipinski definition) is 0. The molecule has 6 nitrogen and oxygen atoms in total. The highest BCUT2D eigenvalue weighted by atomic mass is 32.2. The molecule has 1 aliphatic rings. The number of benzene rings is 1. The van der Waals surface area contributed by atoms with Gasteiger partial charge in [-0.2, -0.15) is 0 Å². The number of aryl methyl sites for hydroxylation is 2. The zero-order valence-corrected chi connectivity index (χ0v) is 16.2. The molecule has 1 aromatic carbocycles. The van der Waals surface area contributed by atoms with Gasteiger partial charge in [-0.1, -0.05) is 17.7 Å². The Bertz CT molecular complexity index is 1140. The molecule has 0 unspecified atom stereocenters. The molecular formula is C20H20N4O2S. The van der Waals surface area contributed by atoms with Crippen molar-refractivity contribution >= 4 is 21.4 Å². The van der Waals surface area contributed by atoms with E-state index in [1.54, 1.807) is 43.1 Å². The maximum atomic E-state index is 13.7. The van der Waals surface area contributed by atoms with E-state index in [-0.39, 0.29) is 4.90 Å². The number of aromatic nitrogens is 3. The van der Waals surface area contributed by atoms with Crippen LogP contribution in [0.2, 0.25) is 0 Å². The minimum atomic E-state index is -3.81. The number of nitrogens with zero attached hydrogens (tertiary/aromatic N) is 4. The first-order chi connectivity index (χ1) is 12.9. The minimum Gasteiger partial charge on any atom is -0.333 e. The van der Waals surface area contributed by atoms with Crippen molar-refractivity contribution in [2.24, 2.45) is 7.05 Å². The molecular weight excluding hydrogens is 360 g/mol. The molecule has 4 rings (SSSR count). The van der Waals surface area contributed by atoms with Gasteiger partial charge >= 0.3 is 0 Å². The lowest BCUT2D eigenvalue weighted by Crippen LogP contribution is -2.34. The standard InChI is InChI=1S/C20H20N4O2S/c1-14-4-6-17(7-5-14)27(25,26)24-18-8-9-21-11-16(18)10-15(2)20(24)19-12-22-13-23(19)3/h4-9,11-13H,10H2,1-3H3. The maximum Gasteiger partial charge on any atom is 0.268 e. The highest BCUT2D eigenvalue weighted by Gasteiger charge is 2.35. The van der Waals surface area contributed by atoms with Crippen molar-refractivity contribution in [1.82, 2.24) is 14.5 Å². The molecule has 0 N–H and O–H groups in total. The van der Waals surface area contributed by atoms with Crippen LogP contribution in [0.5, 0.6) is 0 Å². The Kier molecular flexibility index (Phi) is 4.11. The molecule has 138 valence electrons. The summed E-state index contributed by atoms with van der Waals surface area (Å²) < 4.78 is 30.6. The molecule has 2 aromatic heterocycles. The fourth-order valence-corrected chi connectivity index (χ4v) is 5.01. The minimum absolute atomic E-state index is 0.255. The van der Waals surface area contributed by atoms with Crippen LogP contribution in [0, 0.1) is 6.92 Å². The van der Waals surface area contributed by atoms with E-state index in [9.17, 15) is 8.42 Å². The summed E-state index contributed by atoms with van der Waals surface area (Å²) in [4.78, 5) is 8.61. The van der Waals surface area contributed by atoms with Crippen molar-refractivity contribution < 1.29 is 8.42 Å². The largest absolute Gasteiger partial charge is 0.333 e. The lowest BCUT2D eigenvalue weighted by molar-refractivity contribution is 0.595. The SMILES string of the molecule is CC1=C(c2cncn2C)N(S(=O)(=O)c2ccc(C)cc2)c2ccncc2C1. The summed E-state index contributed by atoms with van der Waals surface area (Å²) in [6, 6.07) is 8.67. The summed E-state index contributed by atoms with van der Waals surface area (Å²) in [5.41, 5.74) is 4.88. The number of sulfonamides is 1. The predicted molar refractivity (Wildman–Crippen MR) is 105 cm³/mol. The fourth-order valence-electron chi connectivity index (χ4n) is 3.39. The topological polar surface area (TPSA) is 68.1 Å². The Morgan fingerprint density at radius 2 is 1.74 bits per heavy atom. The molecule has 3 aromatic rings. The number of rotatable bonds is 3. The molecule has 0 fully saturated rings. The third-order valence-electron chi connectivity index (χ3n) is 4.78. The number of allylic oxidation sites excluding steroid dienone is 1. The lowest BCUT2D eigenvalue weighted by Gasteiger charge is -2.33. The van der Waals surface area contributed by atoms with Crippen molar-refractivity contribution in [2.75, 3.05) is 4.31 Å². The van der Waals surface area contributed by atoms with Crippen molar-refractivity contribution in [1.29, 1.82) is 0 Å². The molecule has 0 atom stereocenters. The van der Waals surface area contributed by atoms with Gasteiger partial charge in [0.15, 0.2) is 0 Å². The van der Waals surface area contributed by atoms with Crippen molar-refractivity contribution in [3.05, 3.63) is 77.6 Å². The van der Waals surface area contributed by atoms with Crippen molar-refractivity contribution in [2.45, 2.75) is 25.2 Å². The highest BCUT2D eigenvalue weighted by Crippen LogP contribution is 2.41. The molecule has 3 heterocycles. The van der Waals surface area contributed by atoms with Crippen LogP contribution in [0.15, 0.2) is 65.7 Å². The first kappa shape index (κ1) is 17.5. The second-order valence-electron chi connectivity index (χ2n) is 6.78. The van der Waals surface area contributed by atoms with Crippen LogP contribution in [-0.4, -0.2) is 23.0 Å². The maximum absolute atomic E-state index is 13.7. The molecule has 0 radical (unpaired) electrons. The zero-order valence-electron chi connectivity index (χ0n) is 15.4. The fraction of sp³-hybridized carbons (Fsp3) is 0.200. The lowest BCUT2D eigenvalue weighted by atomic mass is 9.99. The van der Waals surface area contributed by atoms with E-state index < -0.39 is 10.0 Å². The van der Waals surface area contributed by atoms with Gasteiger partial charge in [0.05, 0.1) is 34.5 Å². The van der Waals surface area contributed by atoms with Gasteiger partial charge in [0, 0.05) is 19.4 Å². The number of imidazole rings is 1. The first-order valence-corrected chi connectivity index (χ1v) is 10.0. The monoisotopic (exact) mass is 380 g/mol. The molecule has 1 aliphatic heterocycles. The van der Waals surface area contributed by atoms with Gasteiger partial charge in [-0.05, 0) is 49.6 Å². The van der Waals surface area contributed by atoms with Gasteiger partial charge in [0.25, 0.3) is 10.0 Å². The van der Waals surface area contributed by atoms with E-state index in [4.69, 9.17) is 0 Å². The van der Waals surface area contributed by atoms with E-state index in [0.29, 0.717) is 17.8 Å². The third-order valence-corrected chi connectivity index (χ3v) is 6.51. The molecule has 0 amide bonds. The summed E-state index contributed by atoms with van der Waals surface area (Å²) in [6.45, 7) is 3.89. The number of pyridine rings is 1. The van der Waals surface area contributed by atoms with E-state index in [0.717, 1.165) is 22.4 Å². The average Bonchev–Trinajstić information content (AvgIpc) is 3.06. The number of hydrogen-bond acceptors (Lipinski definition) is 4. The van der Waals surface area contributed by atoms with Crippen molar-refractivity contribution in [3.8, 4) is 0 Å². The van der Waals surface area contributed by atoms with E-state index in [2.05, 4.69) is 9.97 Å². The number of anilines is 1. The zero-order chi connectivity index (χ0) is 19.2. The molecule has 0 saturated heterocycles. The summed E-state index contributed by atoms with van der Waals surface area (Å²) in [5, 5.41) is 0. The first-order valence-electron chi connectivity index (χ1n) is 8.61. The van der Waals surface area contributed by atoms with Crippen LogP contribution in [0.25, 0.3) is 5.70 Å². The van der Waals surface area contributed by atoms with Gasteiger partial charge in [0.1, 0.15) is 0 Å². The molecule has 0 bridgehead atoms. The average molecular weight is 380 g/mol. The Balaban J connectivity index is 1.99. The molecule has 7 heteroatoms. The molecule has 27 heavy (non-hydrogen) atoms. The van der Waals surface area contributed by atoms with E-state index in [1.807, 2.05) is 37.6 Å². The van der Waals surface area contributed by atoms with Gasteiger partial charge in [-0.3, -0.25) is 4.98 Å². The van der Waals surface area contributed by atoms with Crippen LogP contribution in [0.1, 0.15) is 23.7 Å². The third kappa shape index (κ3) is 2.84. The predicted octanol–water partition coefficient (Wildman–Crippen LogP) is 3.31. The van der Waals surface area contributed by atoms with Gasteiger partial charge in [-0.15, -0.1) is 0 Å². The van der Waals surface area contributed by atoms with Crippen LogP contribution < -0.4 is 4.31 Å². The van der Waals surface area contributed by atoms with Crippen LogP contribution >= 0.6 is 0 Å². The van der Waals surface area contributed by atoms with Gasteiger partial charge < -0.3 is 4.57 Å². The molecule has 0 aliphatic carbocycles. The van der Waals surface area contributed by atoms with Gasteiger partial charge in [-0.25, -0.2) is 17.7 Å². The summed E-state index contributed by atoms with van der Waals surface area (Å²) in [5.74, 6) is 0. The van der Waals surface area contributed by atoms with Crippen LogP contribution in [0.4, 0.5) is 5.69 Å².